The Morgan fingerprint density at radius 1 is 1.07 bits per heavy atom. The molecule has 0 radical (unpaired) electrons. The van der Waals surface area contributed by atoms with Crippen LogP contribution >= 0.6 is 0 Å². The van der Waals surface area contributed by atoms with Crippen LogP contribution in [0, 0.1) is 5.92 Å². The highest BCUT2D eigenvalue weighted by atomic mass is 16.5. The summed E-state index contributed by atoms with van der Waals surface area (Å²) in [6.45, 7) is 14.2. The van der Waals surface area contributed by atoms with Gasteiger partial charge in [-0.1, -0.05) is 34.6 Å². The lowest BCUT2D eigenvalue weighted by molar-refractivity contribution is -0.0133. The van der Waals surface area contributed by atoms with E-state index in [1.54, 1.807) is 0 Å². The van der Waals surface area contributed by atoms with Gasteiger partial charge in [0.05, 0.1) is 12.2 Å². The summed E-state index contributed by atoms with van der Waals surface area (Å²) in [5.74, 6) is 0.718. The number of rotatable bonds is 8. The molecule has 92 valence electrons. The molecule has 0 rings (SSSR count). The minimum absolute atomic E-state index is 0.362. The van der Waals surface area contributed by atoms with Gasteiger partial charge in [0.1, 0.15) is 0 Å². The summed E-state index contributed by atoms with van der Waals surface area (Å²) < 4.78 is 6.00. The Bertz CT molecular complexity index is 145. The van der Waals surface area contributed by atoms with E-state index in [1.165, 1.54) is 0 Å². The first-order chi connectivity index (χ1) is 6.95. The van der Waals surface area contributed by atoms with E-state index in [-0.39, 0.29) is 0 Å². The van der Waals surface area contributed by atoms with Gasteiger partial charge in [-0.3, -0.25) is 0 Å². The van der Waals surface area contributed by atoms with Crippen LogP contribution in [-0.4, -0.2) is 24.8 Å². The molecule has 0 bridgehead atoms. The molecule has 0 aliphatic rings. The van der Waals surface area contributed by atoms with Crippen LogP contribution < -0.4 is 5.32 Å². The molecular weight excluding hydrogens is 186 g/mol. The lowest BCUT2D eigenvalue weighted by Gasteiger charge is -2.23. The van der Waals surface area contributed by atoms with Crippen molar-refractivity contribution in [1.29, 1.82) is 0 Å². The zero-order valence-corrected chi connectivity index (χ0v) is 11.3. The second-order valence-corrected chi connectivity index (χ2v) is 5.17. The first kappa shape index (κ1) is 14.9. The molecule has 2 heteroatoms. The van der Waals surface area contributed by atoms with E-state index in [0.717, 1.165) is 25.3 Å². The average molecular weight is 215 g/mol. The summed E-state index contributed by atoms with van der Waals surface area (Å²) in [7, 11) is 0. The first-order valence-corrected chi connectivity index (χ1v) is 6.34. The predicted molar refractivity (Wildman–Crippen MR) is 67.2 cm³/mol. The summed E-state index contributed by atoms with van der Waals surface area (Å²) in [6, 6.07) is 0.544. The number of hydrogen-bond donors (Lipinski definition) is 1. The van der Waals surface area contributed by atoms with Gasteiger partial charge >= 0.3 is 0 Å². The first-order valence-electron chi connectivity index (χ1n) is 6.34. The highest BCUT2D eigenvalue weighted by Crippen LogP contribution is 2.11. The van der Waals surface area contributed by atoms with Crippen molar-refractivity contribution in [1.82, 2.24) is 5.32 Å². The maximum absolute atomic E-state index is 6.00. The van der Waals surface area contributed by atoms with Gasteiger partial charge in [0.15, 0.2) is 0 Å². The van der Waals surface area contributed by atoms with Gasteiger partial charge in [-0.05, 0) is 25.7 Å². The van der Waals surface area contributed by atoms with E-state index in [9.17, 15) is 0 Å². The Hall–Kier alpha value is -0.0800. The molecule has 2 nitrogen and oxygen atoms in total. The highest BCUT2D eigenvalue weighted by Gasteiger charge is 2.12. The Labute approximate surface area is 95.8 Å². The molecule has 0 aromatic rings. The second-order valence-electron chi connectivity index (χ2n) is 5.17. The van der Waals surface area contributed by atoms with E-state index in [0.29, 0.717) is 18.2 Å². The molecule has 1 N–H and O–H groups in total. The van der Waals surface area contributed by atoms with Crippen molar-refractivity contribution in [2.24, 2.45) is 5.92 Å². The van der Waals surface area contributed by atoms with E-state index >= 15 is 0 Å². The molecule has 0 saturated carbocycles. The van der Waals surface area contributed by atoms with E-state index in [4.69, 9.17) is 4.74 Å². The van der Waals surface area contributed by atoms with Crippen molar-refractivity contribution >= 4 is 0 Å². The smallest absolute Gasteiger partial charge is 0.0700 e. The zero-order chi connectivity index (χ0) is 11.8. The molecule has 0 heterocycles. The van der Waals surface area contributed by atoms with Crippen LogP contribution in [0.2, 0.25) is 0 Å². The molecule has 0 fully saturated rings. The summed E-state index contributed by atoms with van der Waals surface area (Å²) >= 11 is 0. The maximum atomic E-state index is 6.00. The van der Waals surface area contributed by atoms with Crippen molar-refractivity contribution in [3.63, 3.8) is 0 Å². The molecule has 0 aromatic carbocycles. The fourth-order valence-electron chi connectivity index (χ4n) is 1.70. The summed E-state index contributed by atoms with van der Waals surface area (Å²) in [4.78, 5) is 0. The van der Waals surface area contributed by atoms with Crippen molar-refractivity contribution in [3.8, 4) is 0 Å². The van der Waals surface area contributed by atoms with E-state index in [2.05, 4.69) is 46.9 Å². The van der Waals surface area contributed by atoms with Crippen molar-refractivity contribution in [2.45, 2.75) is 72.6 Å². The molecule has 0 aliphatic carbocycles. The zero-order valence-electron chi connectivity index (χ0n) is 11.3. The molecule has 0 amide bonds. The maximum Gasteiger partial charge on any atom is 0.0700 e. The third kappa shape index (κ3) is 8.88. The van der Waals surface area contributed by atoms with Gasteiger partial charge in [-0.15, -0.1) is 0 Å². The van der Waals surface area contributed by atoms with Crippen molar-refractivity contribution in [3.05, 3.63) is 0 Å². The number of hydrogen-bond acceptors (Lipinski definition) is 2. The minimum Gasteiger partial charge on any atom is -0.374 e. The lowest BCUT2D eigenvalue weighted by atomic mass is 10.1. The third-order valence-electron chi connectivity index (χ3n) is 2.44. The molecule has 0 aliphatic heterocycles. The van der Waals surface area contributed by atoms with Gasteiger partial charge < -0.3 is 10.1 Å². The SMILES string of the molecule is CCC(CNC(C)C)OC(C)CC(C)C. The molecule has 2 atom stereocenters. The topological polar surface area (TPSA) is 21.3 Å². The van der Waals surface area contributed by atoms with Crippen LogP contribution in [0.3, 0.4) is 0 Å². The Morgan fingerprint density at radius 3 is 2.07 bits per heavy atom. The Morgan fingerprint density at radius 2 is 1.67 bits per heavy atom. The van der Waals surface area contributed by atoms with Gasteiger partial charge in [-0.2, -0.15) is 0 Å². The van der Waals surface area contributed by atoms with Crippen molar-refractivity contribution < 1.29 is 4.74 Å². The van der Waals surface area contributed by atoms with E-state index in [1.807, 2.05) is 0 Å². The van der Waals surface area contributed by atoms with Crippen LogP contribution in [0.15, 0.2) is 0 Å². The van der Waals surface area contributed by atoms with Crippen LogP contribution in [0.25, 0.3) is 0 Å². The van der Waals surface area contributed by atoms with E-state index < -0.39 is 0 Å². The van der Waals surface area contributed by atoms with Crippen LogP contribution in [0.5, 0.6) is 0 Å². The van der Waals surface area contributed by atoms with Gasteiger partial charge in [0.25, 0.3) is 0 Å². The molecule has 0 spiro atoms. The average Bonchev–Trinajstić information content (AvgIpc) is 2.10. The molecular formula is C13H29NO. The normalized spacial score (nSPS) is 16.0. The number of nitrogens with one attached hydrogen (secondary N) is 1. The summed E-state index contributed by atoms with van der Waals surface area (Å²) in [5, 5.41) is 3.43. The predicted octanol–water partition coefficient (Wildman–Crippen LogP) is 3.21. The molecule has 2 unspecified atom stereocenters. The standard InChI is InChI=1S/C13H29NO/c1-7-13(9-14-11(4)5)15-12(6)8-10(2)3/h10-14H,7-9H2,1-6H3. The molecule has 0 aromatic heterocycles. The highest BCUT2D eigenvalue weighted by molar-refractivity contribution is 4.65. The Balaban J connectivity index is 3.77. The largest absolute Gasteiger partial charge is 0.374 e. The summed E-state index contributed by atoms with van der Waals surface area (Å²) in [6.07, 6.45) is 2.98. The fraction of sp³-hybridized carbons (Fsp3) is 1.00. The fourth-order valence-corrected chi connectivity index (χ4v) is 1.70. The quantitative estimate of drug-likeness (QED) is 0.671. The number of ether oxygens (including phenoxy) is 1. The van der Waals surface area contributed by atoms with Crippen LogP contribution in [-0.2, 0) is 4.74 Å². The van der Waals surface area contributed by atoms with Crippen LogP contribution in [0.1, 0.15) is 54.4 Å². The summed E-state index contributed by atoms with van der Waals surface area (Å²) in [5.41, 5.74) is 0. The van der Waals surface area contributed by atoms with Gasteiger partial charge in [0, 0.05) is 12.6 Å². The molecule has 15 heavy (non-hydrogen) atoms. The second kappa shape index (κ2) is 8.12. The monoisotopic (exact) mass is 215 g/mol. The van der Waals surface area contributed by atoms with Gasteiger partial charge in [0.2, 0.25) is 0 Å². The van der Waals surface area contributed by atoms with Crippen molar-refractivity contribution in [2.75, 3.05) is 6.54 Å². The lowest BCUT2D eigenvalue weighted by Crippen LogP contribution is -2.35. The third-order valence-corrected chi connectivity index (χ3v) is 2.44. The van der Waals surface area contributed by atoms with Crippen LogP contribution in [0.4, 0.5) is 0 Å². The van der Waals surface area contributed by atoms with Gasteiger partial charge in [-0.25, -0.2) is 0 Å². The minimum atomic E-state index is 0.362. The molecule has 0 saturated heterocycles. The Kier molecular flexibility index (Phi) is 8.07.